The van der Waals surface area contributed by atoms with Crippen molar-refractivity contribution < 1.29 is 14.6 Å². The highest BCUT2D eigenvalue weighted by Gasteiger charge is 2.08. The second kappa shape index (κ2) is 7.45. The zero-order chi connectivity index (χ0) is 15.2. The van der Waals surface area contributed by atoms with Crippen LogP contribution >= 0.6 is 11.6 Å². The third-order valence-corrected chi connectivity index (χ3v) is 3.44. The summed E-state index contributed by atoms with van der Waals surface area (Å²) in [6.45, 7) is 0.995. The minimum Gasteiger partial charge on any atom is -0.389 e. The summed E-state index contributed by atoms with van der Waals surface area (Å²) in [7, 11) is 1.51. The maximum atomic E-state index is 11.7. The first-order chi connectivity index (χ1) is 10.1. The largest absolute Gasteiger partial charge is 0.389 e. The molecule has 1 aromatic carbocycles. The number of methoxy groups -OCH3 is 1. The Morgan fingerprint density at radius 3 is 3.05 bits per heavy atom. The zero-order valence-corrected chi connectivity index (χ0v) is 12.6. The molecule has 0 saturated heterocycles. The van der Waals surface area contributed by atoms with Gasteiger partial charge in [0.2, 0.25) is 5.91 Å². The third kappa shape index (κ3) is 4.46. The third-order valence-electron chi connectivity index (χ3n) is 3.21. The molecule has 1 heterocycles. The van der Waals surface area contributed by atoms with Crippen LogP contribution in [0.5, 0.6) is 0 Å². The van der Waals surface area contributed by atoms with Crippen LogP contribution in [0.1, 0.15) is 6.42 Å². The molecule has 2 rings (SSSR count). The lowest BCUT2D eigenvalue weighted by atomic mass is 10.2. The molecule has 0 fully saturated rings. The van der Waals surface area contributed by atoms with Crippen LogP contribution in [0.25, 0.3) is 10.9 Å². The van der Waals surface area contributed by atoms with Gasteiger partial charge in [-0.2, -0.15) is 0 Å². The van der Waals surface area contributed by atoms with Crippen molar-refractivity contribution in [2.75, 3.05) is 20.3 Å². The van der Waals surface area contributed by atoms with E-state index in [9.17, 15) is 9.90 Å². The van der Waals surface area contributed by atoms with Crippen molar-refractivity contribution in [3.8, 4) is 0 Å². The number of aliphatic hydroxyl groups excluding tert-OH is 1. The van der Waals surface area contributed by atoms with Gasteiger partial charge in [0.25, 0.3) is 0 Å². The topological polar surface area (TPSA) is 63.5 Å². The van der Waals surface area contributed by atoms with E-state index in [2.05, 4.69) is 5.32 Å². The minimum absolute atomic E-state index is 0.0963. The molecule has 5 nitrogen and oxygen atoms in total. The van der Waals surface area contributed by atoms with Crippen molar-refractivity contribution >= 4 is 28.4 Å². The number of carbonyl (C=O) groups is 1. The van der Waals surface area contributed by atoms with Gasteiger partial charge in [-0.1, -0.05) is 11.6 Å². The molecule has 2 N–H and O–H groups in total. The Morgan fingerprint density at radius 1 is 1.48 bits per heavy atom. The fraction of sp³-hybridized carbons (Fsp3) is 0.400. The molecule has 0 radical (unpaired) electrons. The van der Waals surface area contributed by atoms with Gasteiger partial charge in [-0.25, -0.2) is 0 Å². The average molecular weight is 311 g/mol. The summed E-state index contributed by atoms with van der Waals surface area (Å²) in [6.07, 6.45) is 1.62. The Balaban J connectivity index is 1.85. The fourth-order valence-electron chi connectivity index (χ4n) is 2.16. The number of carbonyl (C=O) groups excluding carboxylic acids is 1. The van der Waals surface area contributed by atoms with E-state index in [1.807, 2.05) is 35.0 Å². The van der Waals surface area contributed by atoms with Crippen LogP contribution in [0.4, 0.5) is 0 Å². The molecule has 1 unspecified atom stereocenters. The van der Waals surface area contributed by atoms with E-state index in [4.69, 9.17) is 16.3 Å². The number of ether oxygens (including phenoxy) is 1. The van der Waals surface area contributed by atoms with E-state index in [1.54, 1.807) is 0 Å². The molecule has 2 aromatic rings. The number of benzene rings is 1. The SMILES string of the molecule is COCC(O)CNC(=O)CCn1ccc2cc(Cl)ccc21. The van der Waals surface area contributed by atoms with Crippen molar-refractivity contribution in [3.63, 3.8) is 0 Å². The maximum Gasteiger partial charge on any atom is 0.221 e. The summed E-state index contributed by atoms with van der Waals surface area (Å²) < 4.78 is 6.81. The van der Waals surface area contributed by atoms with Crippen molar-refractivity contribution in [2.45, 2.75) is 19.1 Å². The summed E-state index contributed by atoms with van der Waals surface area (Å²) in [5.41, 5.74) is 1.05. The number of nitrogens with one attached hydrogen (secondary N) is 1. The number of aliphatic hydroxyl groups is 1. The summed E-state index contributed by atoms with van der Waals surface area (Å²) in [5.74, 6) is -0.0963. The molecule has 0 spiro atoms. The number of aromatic nitrogens is 1. The molecular weight excluding hydrogens is 292 g/mol. The predicted molar refractivity (Wildman–Crippen MR) is 82.5 cm³/mol. The van der Waals surface area contributed by atoms with Crippen LogP contribution in [0.3, 0.4) is 0 Å². The highest BCUT2D eigenvalue weighted by Crippen LogP contribution is 2.20. The lowest BCUT2D eigenvalue weighted by molar-refractivity contribution is -0.121. The Labute approximate surface area is 128 Å². The Morgan fingerprint density at radius 2 is 2.29 bits per heavy atom. The molecule has 0 bridgehead atoms. The van der Waals surface area contributed by atoms with E-state index >= 15 is 0 Å². The van der Waals surface area contributed by atoms with Gasteiger partial charge in [-0.15, -0.1) is 0 Å². The fourth-order valence-corrected chi connectivity index (χ4v) is 2.34. The molecule has 6 heteroatoms. The van der Waals surface area contributed by atoms with E-state index in [0.717, 1.165) is 10.9 Å². The molecule has 114 valence electrons. The lowest BCUT2D eigenvalue weighted by Gasteiger charge is -2.11. The van der Waals surface area contributed by atoms with Gasteiger partial charge in [-0.05, 0) is 24.3 Å². The van der Waals surface area contributed by atoms with Gasteiger partial charge in [0.05, 0.1) is 12.7 Å². The molecule has 1 amide bonds. The van der Waals surface area contributed by atoms with Crippen molar-refractivity contribution in [1.82, 2.24) is 9.88 Å². The van der Waals surface area contributed by atoms with Crippen molar-refractivity contribution in [3.05, 3.63) is 35.5 Å². The van der Waals surface area contributed by atoms with Gasteiger partial charge < -0.3 is 19.7 Å². The summed E-state index contributed by atoms with van der Waals surface area (Å²) in [4.78, 5) is 11.7. The molecule has 0 aliphatic carbocycles. The Kier molecular flexibility index (Phi) is 5.61. The van der Waals surface area contributed by atoms with Crippen LogP contribution < -0.4 is 5.32 Å². The highest BCUT2D eigenvalue weighted by molar-refractivity contribution is 6.31. The van der Waals surface area contributed by atoms with Crippen LogP contribution in [0.2, 0.25) is 5.02 Å². The number of halogens is 1. The van der Waals surface area contributed by atoms with E-state index in [0.29, 0.717) is 18.0 Å². The number of nitrogens with zero attached hydrogens (tertiary/aromatic N) is 1. The molecule has 0 saturated carbocycles. The maximum absolute atomic E-state index is 11.7. The number of amides is 1. The molecule has 1 atom stereocenters. The van der Waals surface area contributed by atoms with Gasteiger partial charge in [0.15, 0.2) is 0 Å². The second-order valence-corrected chi connectivity index (χ2v) is 5.31. The number of rotatable bonds is 7. The molecule has 1 aromatic heterocycles. The highest BCUT2D eigenvalue weighted by atomic mass is 35.5. The van der Waals surface area contributed by atoms with Crippen LogP contribution in [-0.2, 0) is 16.1 Å². The second-order valence-electron chi connectivity index (χ2n) is 4.88. The molecule has 21 heavy (non-hydrogen) atoms. The van der Waals surface area contributed by atoms with Gasteiger partial charge >= 0.3 is 0 Å². The van der Waals surface area contributed by atoms with E-state index < -0.39 is 6.10 Å². The van der Waals surface area contributed by atoms with E-state index in [-0.39, 0.29) is 19.1 Å². The zero-order valence-electron chi connectivity index (χ0n) is 11.9. The van der Waals surface area contributed by atoms with Crippen LogP contribution in [0, 0.1) is 0 Å². The van der Waals surface area contributed by atoms with Gasteiger partial charge in [-0.3, -0.25) is 4.79 Å². The van der Waals surface area contributed by atoms with E-state index in [1.165, 1.54) is 7.11 Å². The summed E-state index contributed by atoms with van der Waals surface area (Å²) in [6, 6.07) is 7.65. The standard InChI is InChI=1S/C15H19ClN2O3/c1-21-10-13(19)9-17-15(20)5-7-18-6-4-11-8-12(16)2-3-14(11)18/h2-4,6,8,13,19H,5,7,9-10H2,1H3,(H,17,20). The quantitative estimate of drug-likeness (QED) is 0.820. The predicted octanol–water partition coefficient (Wildman–Crippen LogP) is 1.81. The number of hydrogen-bond donors (Lipinski definition) is 2. The van der Waals surface area contributed by atoms with Gasteiger partial charge in [0.1, 0.15) is 0 Å². The number of hydrogen-bond acceptors (Lipinski definition) is 3. The Hall–Kier alpha value is -1.56. The first-order valence-electron chi connectivity index (χ1n) is 6.78. The van der Waals surface area contributed by atoms with Crippen molar-refractivity contribution in [1.29, 1.82) is 0 Å². The molecular formula is C15H19ClN2O3. The summed E-state index contributed by atoms with van der Waals surface area (Å²) in [5, 5.41) is 13.9. The smallest absolute Gasteiger partial charge is 0.221 e. The first kappa shape index (κ1) is 15.8. The minimum atomic E-state index is -0.673. The normalized spacial score (nSPS) is 12.5. The van der Waals surface area contributed by atoms with Gasteiger partial charge in [0, 0.05) is 48.7 Å². The lowest BCUT2D eigenvalue weighted by Crippen LogP contribution is -2.34. The number of aryl methyl sites for hydroxylation is 1. The average Bonchev–Trinajstić information content (AvgIpc) is 2.85. The Bertz CT molecular complexity index is 612. The first-order valence-corrected chi connectivity index (χ1v) is 7.16. The van der Waals surface area contributed by atoms with Crippen molar-refractivity contribution in [2.24, 2.45) is 0 Å². The monoisotopic (exact) mass is 310 g/mol. The molecule has 0 aliphatic rings. The number of fused-ring (bicyclic) bond motifs is 1. The molecule has 0 aliphatic heterocycles. The van der Waals surface area contributed by atoms with Crippen LogP contribution in [0.15, 0.2) is 30.5 Å². The van der Waals surface area contributed by atoms with Crippen LogP contribution in [-0.4, -0.2) is 41.9 Å². The summed E-state index contributed by atoms with van der Waals surface area (Å²) >= 11 is 5.94.